The van der Waals surface area contributed by atoms with E-state index in [1.807, 2.05) is 36.4 Å². The molecule has 1 heterocycles. The van der Waals surface area contributed by atoms with Gasteiger partial charge in [0.2, 0.25) is 0 Å². The Hall–Kier alpha value is -4.08. The Morgan fingerprint density at radius 2 is 1.61 bits per heavy atom. The van der Waals surface area contributed by atoms with Crippen LogP contribution in [-0.4, -0.2) is 93.1 Å². The van der Waals surface area contributed by atoms with Gasteiger partial charge in [-0.25, -0.2) is 9.59 Å². The first-order valence-corrected chi connectivity index (χ1v) is 14.0. The quantitative estimate of drug-likeness (QED) is 0.366. The van der Waals surface area contributed by atoms with Crippen LogP contribution in [0.15, 0.2) is 66.7 Å². The lowest BCUT2D eigenvalue weighted by Crippen LogP contribution is -2.45. The third kappa shape index (κ3) is 6.64. The number of nitrogens with zero attached hydrogens (tertiary/aromatic N) is 2. The third-order valence-electron chi connectivity index (χ3n) is 7.89. The Kier molecular flexibility index (Phi) is 9.06. The van der Waals surface area contributed by atoms with E-state index in [0.717, 1.165) is 55.0 Å². The number of amides is 1. The van der Waals surface area contributed by atoms with Gasteiger partial charge in [0.05, 0.1) is 7.11 Å². The maximum atomic E-state index is 12.8. The normalized spacial score (nSPS) is 16.0. The van der Waals surface area contributed by atoms with Crippen molar-refractivity contribution >= 4 is 12.1 Å². The lowest BCUT2D eigenvalue weighted by atomic mass is 9.98. The van der Waals surface area contributed by atoms with Crippen LogP contribution in [0.4, 0.5) is 4.79 Å². The number of fused-ring (bicyclic) bond motifs is 3. The molecule has 0 saturated carbocycles. The predicted molar refractivity (Wildman–Crippen MR) is 156 cm³/mol. The number of carbonyl (C=O) groups excluding carboxylic acids is 1. The van der Waals surface area contributed by atoms with Gasteiger partial charge >= 0.3 is 12.1 Å². The second-order valence-electron chi connectivity index (χ2n) is 10.5. The second kappa shape index (κ2) is 13.1. The van der Waals surface area contributed by atoms with E-state index in [4.69, 9.17) is 14.2 Å². The Balaban J connectivity index is 1.22. The van der Waals surface area contributed by atoms with E-state index in [2.05, 4.69) is 34.3 Å². The van der Waals surface area contributed by atoms with E-state index in [1.54, 1.807) is 25.3 Å². The molecule has 1 aliphatic heterocycles. The maximum Gasteiger partial charge on any atom is 0.407 e. The molecule has 0 radical (unpaired) electrons. The van der Waals surface area contributed by atoms with Gasteiger partial charge < -0.3 is 29.5 Å². The maximum absolute atomic E-state index is 12.8. The molecule has 1 fully saturated rings. The molecular formula is C32H37N3O6. The number of nitrogens with one attached hydrogen (secondary N) is 1. The first-order chi connectivity index (χ1) is 19.9. The number of para-hydroxylation sites is 1. The zero-order valence-electron chi connectivity index (χ0n) is 23.5. The van der Waals surface area contributed by atoms with Crippen LogP contribution in [0.2, 0.25) is 0 Å². The van der Waals surface area contributed by atoms with Gasteiger partial charge in [0.25, 0.3) is 0 Å². The molecule has 2 aliphatic rings. The number of alkyl carbamates (subject to hydrolysis) is 1. The zero-order chi connectivity index (χ0) is 28.8. The summed E-state index contributed by atoms with van der Waals surface area (Å²) in [5.74, 6) is -0.268. The number of aliphatic carboxylic acids is 1. The fraction of sp³-hybridized carbons (Fsp3) is 0.375. The molecule has 1 amide bonds. The Bertz CT molecular complexity index is 1330. The number of carboxylic acid groups (broad SMARTS) is 1. The molecule has 9 nitrogen and oxygen atoms in total. The summed E-state index contributed by atoms with van der Waals surface area (Å²) >= 11 is 0. The van der Waals surface area contributed by atoms with Gasteiger partial charge in [-0.05, 0) is 35.4 Å². The van der Waals surface area contributed by atoms with Gasteiger partial charge in [-0.3, -0.25) is 4.90 Å². The number of likely N-dealkylation sites (N-methyl/N-ethyl adjacent to an activating group) is 1. The predicted octanol–water partition coefficient (Wildman–Crippen LogP) is 3.86. The molecule has 0 bridgehead atoms. The average Bonchev–Trinajstić information content (AvgIpc) is 3.31. The van der Waals surface area contributed by atoms with Crippen LogP contribution in [0.5, 0.6) is 11.5 Å². The molecule has 0 spiro atoms. The van der Waals surface area contributed by atoms with E-state index in [0.29, 0.717) is 23.7 Å². The highest BCUT2D eigenvalue weighted by molar-refractivity contribution is 5.81. The summed E-state index contributed by atoms with van der Waals surface area (Å²) in [6.07, 6.45) is -0.764. The number of benzene rings is 3. The van der Waals surface area contributed by atoms with Crippen LogP contribution in [0.1, 0.15) is 22.6 Å². The Morgan fingerprint density at radius 1 is 0.951 bits per heavy atom. The first kappa shape index (κ1) is 28.4. The fourth-order valence-corrected chi connectivity index (χ4v) is 5.60. The number of methoxy groups -OCH3 is 1. The van der Waals surface area contributed by atoms with Crippen LogP contribution in [0, 0.1) is 0 Å². The second-order valence-corrected chi connectivity index (χ2v) is 10.5. The standard InChI is InChI=1S/C32H37N3O6/c1-34-14-16-35(17-15-34)18-19-40-30-22(8-7-13-29(30)39-2)20-28(31(36)37)33-32(38)41-21-27-25-11-5-3-9-23(25)24-10-4-6-12-26(24)27/h3-13,27-28H,14-21H2,1-2H3,(H,33,38)(H,36,37). The average molecular weight is 560 g/mol. The number of piperazine rings is 1. The van der Waals surface area contributed by atoms with Gasteiger partial charge in [0, 0.05) is 50.6 Å². The number of carboxylic acids is 1. The van der Waals surface area contributed by atoms with Crippen molar-refractivity contribution in [3.8, 4) is 22.6 Å². The summed E-state index contributed by atoms with van der Waals surface area (Å²) in [5, 5.41) is 12.5. The molecule has 9 heteroatoms. The molecule has 3 aromatic rings. The van der Waals surface area contributed by atoms with Crippen molar-refractivity contribution in [2.75, 3.05) is 60.1 Å². The molecule has 0 aromatic heterocycles. The van der Waals surface area contributed by atoms with Gasteiger partial charge in [0.1, 0.15) is 19.3 Å². The summed E-state index contributed by atoms with van der Waals surface area (Å²) in [4.78, 5) is 29.7. The number of hydrogen-bond donors (Lipinski definition) is 2. The lowest BCUT2D eigenvalue weighted by molar-refractivity contribution is -0.139. The lowest BCUT2D eigenvalue weighted by Gasteiger charge is -2.32. The number of ether oxygens (including phenoxy) is 3. The largest absolute Gasteiger partial charge is 0.493 e. The van der Waals surface area contributed by atoms with E-state index in [-0.39, 0.29) is 18.9 Å². The molecule has 41 heavy (non-hydrogen) atoms. The van der Waals surface area contributed by atoms with Crippen molar-refractivity contribution in [2.24, 2.45) is 0 Å². The summed E-state index contributed by atoms with van der Waals surface area (Å²) in [5.41, 5.74) is 5.06. The Morgan fingerprint density at radius 3 is 2.24 bits per heavy atom. The molecule has 2 N–H and O–H groups in total. The van der Waals surface area contributed by atoms with Crippen LogP contribution in [-0.2, 0) is 16.0 Å². The topological polar surface area (TPSA) is 101 Å². The SMILES string of the molecule is COc1cccc(CC(NC(=O)OCC2c3ccccc3-c3ccccc32)C(=O)O)c1OCCN1CCN(C)CC1. The zero-order valence-corrected chi connectivity index (χ0v) is 23.5. The fourth-order valence-electron chi connectivity index (χ4n) is 5.60. The number of rotatable bonds is 11. The van der Waals surface area contributed by atoms with Gasteiger partial charge in [-0.15, -0.1) is 0 Å². The van der Waals surface area contributed by atoms with E-state index >= 15 is 0 Å². The first-order valence-electron chi connectivity index (χ1n) is 14.0. The highest BCUT2D eigenvalue weighted by Crippen LogP contribution is 2.44. The molecule has 1 aliphatic carbocycles. The van der Waals surface area contributed by atoms with Crippen LogP contribution in [0.25, 0.3) is 11.1 Å². The summed E-state index contributed by atoms with van der Waals surface area (Å²) < 4.78 is 17.2. The summed E-state index contributed by atoms with van der Waals surface area (Å²) in [6, 6.07) is 20.3. The van der Waals surface area contributed by atoms with Crippen molar-refractivity contribution in [2.45, 2.75) is 18.4 Å². The monoisotopic (exact) mass is 559 g/mol. The molecule has 1 atom stereocenters. The number of hydrogen-bond acceptors (Lipinski definition) is 7. The minimum absolute atomic E-state index is 0.0145. The molecule has 1 saturated heterocycles. The highest BCUT2D eigenvalue weighted by atomic mass is 16.5. The van der Waals surface area contributed by atoms with Crippen molar-refractivity contribution < 1.29 is 28.9 Å². The molecular weight excluding hydrogens is 522 g/mol. The van der Waals surface area contributed by atoms with Crippen molar-refractivity contribution in [3.63, 3.8) is 0 Å². The van der Waals surface area contributed by atoms with Crippen LogP contribution < -0.4 is 14.8 Å². The van der Waals surface area contributed by atoms with Gasteiger partial charge in [-0.2, -0.15) is 0 Å². The van der Waals surface area contributed by atoms with Gasteiger partial charge in [0.15, 0.2) is 11.5 Å². The van der Waals surface area contributed by atoms with E-state index in [9.17, 15) is 14.7 Å². The highest BCUT2D eigenvalue weighted by Gasteiger charge is 2.30. The minimum Gasteiger partial charge on any atom is -0.493 e. The van der Waals surface area contributed by atoms with E-state index < -0.39 is 18.1 Å². The third-order valence-corrected chi connectivity index (χ3v) is 7.89. The molecule has 1 unspecified atom stereocenters. The molecule has 5 rings (SSSR count). The summed E-state index contributed by atoms with van der Waals surface area (Å²) in [6.45, 7) is 5.28. The number of carbonyl (C=O) groups is 2. The van der Waals surface area contributed by atoms with Crippen LogP contribution >= 0.6 is 0 Å². The van der Waals surface area contributed by atoms with Crippen LogP contribution in [0.3, 0.4) is 0 Å². The summed E-state index contributed by atoms with van der Waals surface area (Å²) in [7, 11) is 3.67. The Labute approximate surface area is 240 Å². The molecule has 3 aromatic carbocycles. The minimum atomic E-state index is -1.21. The van der Waals surface area contributed by atoms with Crippen molar-refractivity contribution in [1.29, 1.82) is 0 Å². The van der Waals surface area contributed by atoms with Crippen molar-refractivity contribution in [1.82, 2.24) is 15.1 Å². The molecule has 216 valence electrons. The van der Waals surface area contributed by atoms with Crippen molar-refractivity contribution in [3.05, 3.63) is 83.4 Å². The smallest absolute Gasteiger partial charge is 0.407 e. The van der Waals surface area contributed by atoms with E-state index in [1.165, 1.54) is 0 Å². The van der Waals surface area contributed by atoms with Gasteiger partial charge in [-0.1, -0.05) is 60.7 Å².